The Labute approximate surface area is 206 Å². The molecule has 1 N–H and O–H groups in total. The van der Waals surface area contributed by atoms with Crippen molar-refractivity contribution < 1.29 is 23.1 Å². The highest BCUT2D eigenvalue weighted by atomic mass is 32.2. The minimum absolute atomic E-state index is 0.162. The number of carboxylic acids is 1. The van der Waals surface area contributed by atoms with Gasteiger partial charge in [-0.3, -0.25) is 9.10 Å². The smallest absolute Gasteiger partial charge is 0.324 e. The van der Waals surface area contributed by atoms with Crippen LogP contribution in [0.4, 0.5) is 11.4 Å². The second kappa shape index (κ2) is 9.62. The van der Waals surface area contributed by atoms with Gasteiger partial charge in [0, 0.05) is 24.3 Å². The second-order valence-electron chi connectivity index (χ2n) is 8.93. The summed E-state index contributed by atoms with van der Waals surface area (Å²) < 4.78 is 34.1. The number of anilines is 2. The van der Waals surface area contributed by atoms with Gasteiger partial charge >= 0.3 is 5.97 Å². The number of rotatable bonds is 8. The molecule has 0 atom stereocenters. The molecule has 4 rings (SSSR count). The highest BCUT2D eigenvalue weighted by Gasteiger charge is 2.34. The van der Waals surface area contributed by atoms with Gasteiger partial charge < -0.3 is 14.7 Å². The zero-order valence-corrected chi connectivity index (χ0v) is 21.2. The van der Waals surface area contributed by atoms with Crippen LogP contribution in [0.25, 0.3) is 0 Å². The van der Waals surface area contributed by atoms with E-state index < -0.39 is 22.5 Å². The molecule has 3 aromatic rings. The molecule has 8 heteroatoms. The van der Waals surface area contributed by atoms with Crippen molar-refractivity contribution in [2.45, 2.75) is 38.6 Å². The van der Waals surface area contributed by atoms with Crippen molar-refractivity contribution in [1.82, 2.24) is 0 Å². The van der Waals surface area contributed by atoms with Crippen LogP contribution in [0.15, 0.2) is 59.5 Å². The van der Waals surface area contributed by atoms with Crippen molar-refractivity contribution in [2.75, 3.05) is 29.4 Å². The Kier molecular flexibility index (Phi) is 6.76. The monoisotopic (exact) mass is 494 g/mol. The number of carbonyl (C=O) groups is 1. The van der Waals surface area contributed by atoms with E-state index in [2.05, 4.69) is 4.90 Å². The van der Waals surface area contributed by atoms with Gasteiger partial charge in [0.05, 0.1) is 17.7 Å². The van der Waals surface area contributed by atoms with Crippen LogP contribution in [0.1, 0.15) is 27.8 Å². The largest absolute Gasteiger partial charge is 0.497 e. The molecular weight excluding hydrogens is 464 g/mol. The van der Waals surface area contributed by atoms with E-state index >= 15 is 0 Å². The predicted molar refractivity (Wildman–Crippen MR) is 137 cm³/mol. The maximum Gasteiger partial charge on any atom is 0.324 e. The molecule has 0 aromatic heterocycles. The van der Waals surface area contributed by atoms with Crippen molar-refractivity contribution in [3.05, 3.63) is 82.4 Å². The van der Waals surface area contributed by atoms with E-state index in [1.54, 1.807) is 33.1 Å². The van der Waals surface area contributed by atoms with E-state index in [1.807, 2.05) is 49.4 Å². The van der Waals surface area contributed by atoms with Crippen LogP contribution in [-0.4, -0.2) is 39.7 Å². The molecule has 3 aromatic carbocycles. The van der Waals surface area contributed by atoms with E-state index in [1.165, 1.54) is 0 Å². The molecule has 1 aliphatic heterocycles. The molecule has 0 saturated carbocycles. The average Bonchev–Trinajstić information content (AvgIpc) is 3.20. The number of sulfonamides is 1. The molecule has 1 aliphatic rings. The van der Waals surface area contributed by atoms with Crippen molar-refractivity contribution in [2.24, 2.45) is 0 Å². The summed E-state index contributed by atoms with van der Waals surface area (Å²) in [5.74, 6) is -0.421. The number of nitrogens with zero attached hydrogens (tertiary/aromatic N) is 2. The molecule has 0 amide bonds. The van der Waals surface area contributed by atoms with Crippen LogP contribution >= 0.6 is 0 Å². The molecule has 0 bridgehead atoms. The molecule has 0 radical (unpaired) electrons. The number of ether oxygens (including phenoxy) is 1. The van der Waals surface area contributed by atoms with Gasteiger partial charge in [0.15, 0.2) is 0 Å². The lowest BCUT2D eigenvalue weighted by atomic mass is 10.1. The highest BCUT2D eigenvalue weighted by molar-refractivity contribution is 7.93. The van der Waals surface area contributed by atoms with Gasteiger partial charge in [-0.1, -0.05) is 35.9 Å². The van der Waals surface area contributed by atoms with Gasteiger partial charge in [0.1, 0.15) is 12.3 Å². The first-order valence-corrected chi connectivity index (χ1v) is 12.9. The molecule has 0 aliphatic carbocycles. The molecule has 7 nitrogen and oxygen atoms in total. The molecule has 0 saturated heterocycles. The van der Waals surface area contributed by atoms with E-state index in [0.29, 0.717) is 36.3 Å². The van der Waals surface area contributed by atoms with Crippen LogP contribution in [0.3, 0.4) is 0 Å². The Morgan fingerprint density at radius 2 is 1.71 bits per heavy atom. The van der Waals surface area contributed by atoms with Crippen molar-refractivity contribution in [3.63, 3.8) is 0 Å². The van der Waals surface area contributed by atoms with Crippen molar-refractivity contribution in [3.8, 4) is 5.75 Å². The fourth-order valence-electron chi connectivity index (χ4n) is 4.94. The number of methoxy groups -OCH3 is 1. The Bertz CT molecular complexity index is 1340. The van der Waals surface area contributed by atoms with E-state index in [-0.39, 0.29) is 4.90 Å². The van der Waals surface area contributed by atoms with Gasteiger partial charge in [-0.15, -0.1) is 0 Å². The van der Waals surface area contributed by atoms with Gasteiger partial charge in [-0.05, 0) is 68.1 Å². The molecule has 0 unspecified atom stereocenters. The summed E-state index contributed by atoms with van der Waals surface area (Å²) in [7, 11) is -2.48. The number of carboxylic acid groups (broad SMARTS) is 1. The van der Waals surface area contributed by atoms with Gasteiger partial charge in [-0.2, -0.15) is 0 Å². The fraction of sp³-hybridized carbons (Fsp3) is 0.296. The summed E-state index contributed by atoms with van der Waals surface area (Å²) in [5, 5.41) is 9.65. The minimum Gasteiger partial charge on any atom is -0.497 e. The van der Waals surface area contributed by atoms with Crippen molar-refractivity contribution >= 4 is 27.4 Å². The van der Waals surface area contributed by atoms with E-state index in [4.69, 9.17) is 4.74 Å². The van der Waals surface area contributed by atoms with E-state index in [0.717, 1.165) is 32.4 Å². The summed E-state index contributed by atoms with van der Waals surface area (Å²) in [6, 6.07) is 16.9. The Morgan fingerprint density at radius 1 is 1.06 bits per heavy atom. The maximum atomic E-state index is 13.9. The first-order valence-electron chi connectivity index (χ1n) is 11.4. The van der Waals surface area contributed by atoms with Gasteiger partial charge in [0.25, 0.3) is 10.0 Å². The second-order valence-corrected chi connectivity index (χ2v) is 10.7. The molecule has 0 fully saturated rings. The summed E-state index contributed by atoms with van der Waals surface area (Å²) in [4.78, 5) is 14.2. The van der Waals surface area contributed by atoms with Crippen LogP contribution in [0, 0.1) is 20.8 Å². The molecule has 35 heavy (non-hydrogen) atoms. The Morgan fingerprint density at radius 3 is 2.31 bits per heavy atom. The first kappa shape index (κ1) is 24.6. The fourth-order valence-corrected chi connectivity index (χ4v) is 6.80. The lowest BCUT2D eigenvalue weighted by Gasteiger charge is -2.27. The number of fused-ring (bicyclic) bond motifs is 1. The van der Waals surface area contributed by atoms with Gasteiger partial charge in [0.2, 0.25) is 0 Å². The highest BCUT2D eigenvalue weighted by Crippen LogP contribution is 2.39. The quantitative estimate of drug-likeness (QED) is 0.497. The maximum absolute atomic E-state index is 13.9. The zero-order valence-electron chi connectivity index (χ0n) is 20.4. The summed E-state index contributed by atoms with van der Waals surface area (Å²) in [6.45, 7) is 6.12. The first-order chi connectivity index (χ1) is 16.6. The average molecular weight is 495 g/mol. The third-order valence-electron chi connectivity index (χ3n) is 6.33. The number of benzene rings is 3. The van der Waals surface area contributed by atoms with Crippen LogP contribution in [-0.2, 0) is 27.8 Å². The van der Waals surface area contributed by atoms with Crippen LogP contribution in [0.5, 0.6) is 5.75 Å². The van der Waals surface area contributed by atoms with Crippen LogP contribution < -0.4 is 13.9 Å². The molecular formula is C27H30N2O5S. The van der Waals surface area contributed by atoms with Crippen LogP contribution in [0.2, 0.25) is 0 Å². The summed E-state index contributed by atoms with van der Waals surface area (Å²) in [5.41, 5.74) is 5.44. The standard InChI is InChI=1S/C27H30N2O5S/c1-18-14-19(2)27(20(3)15-18)35(32,33)29(17-26(30)31)25-7-5-6-24-23(25)12-13-28(24)16-21-8-10-22(34-4)11-9-21/h5-11,14-15H,12-13,16-17H2,1-4H3,(H,30,31). The SMILES string of the molecule is COc1ccc(CN2CCc3c2cccc3N(CC(=O)O)S(=O)(=O)c2c(C)cc(C)cc2C)cc1. The Hall–Kier alpha value is -3.52. The lowest BCUT2D eigenvalue weighted by Crippen LogP contribution is -2.37. The normalized spacial score (nSPS) is 13.0. The number of hydrogen-bond donors (Lipinski definition) is 1. The molecule has 1 heterocycles. The topological polar surface area (TPSA) is 87.2 Å². The zero-order chi connectivity index (χ0) is 25.3. The molecule has 184 valence electrons. The number of aryl methyl sites for hydroxylation is 3. The van der Waals surface area contributed by atoms with Crippen molar-refractivity contribution in [1.29, 1.82) is 0 Å². The Balaban J connectivity index is 1.75. The summed E-state index contributed by atoms with van der Waals surface area (Å²) in [6.07, 6.45) is 0.624. The number of hydrogen-bond acceptors (Lipinski definition) is 5. The third kappa shape index (κ3) is 4.84. The summed E-state index contributed by atoms with van der Waals surface area (Å²) >= 11 is 0. The predicted octanol–water partition coefficient (Wildman–Crippen LogP) is 4.46. The van der Waals surface area contributed by atoms with Gasteiger partial charge in [-0.25, -0.2) is 8.42 Å². The third-order valence-corrected chi connectivity index (χ3v) is 8.40. The minimum atomic E-state index is -4.11. The van der Waals surface area contributed by atoms with E-state index in [9.17, 15) is 18.3 Å². The lowest BCUT2D eigenvalue weighted by molar-refractivity contribution is -0.135. The molecule has 0 spiro atoms. The number of aliphatic carboxylic acids is 1.